The first-order valence-electron chi connectivity index (χ1n) is 9.03. The summed E-state index contributed by atoms with van der Waals surface area (Å²) in [4.78, 5) is 9.15. The molecule has 5 rings (SSSR count). The summed E-state index contributed by atoms with van der Waals surface area (Å²) in [6.07, 6.45) is 3.46. The Morgan fingerprint density at radius 3 is 2.70 bits per heavy atom. The standard InChI is InChI=1S/C21H15BrN6O2/c1-30-15-7-5-13(6-8-15)24-21-23-10-16-18-17(20(29)27-26-18)11-28(19(16)25-21)14-4-2-3-12(22)9-14/h2-11H,1H3,(H,27,29)(H,23,24,25). The molecule has 0 atom stereocenters. The van der Waals surface area contributed by atoms with Crippen molar-refractivity contribution in [3.05, 3.63) is 65.4 Å². The summed E-state index contributed by atoms with van der Waals surface area (Å²) in [5, 5.41) is 21.9. The molecule has 0 aliphatic carbocycles. The van der Waals surface area contributed by atoms with Gasteiger partial charge in [-0.1, -0.05) is 22.0 Å². The SMILES string of the molecule is COc1ccc(Nc2ncc3c4nnc(O)c-4cn(-c4cccc(Br)c4)c3n2)cc1. The average Bonchev–Trinajstić information content (AvgIpc) is 3.14. The van der Waals surface area contributed by atoms with E-state index in [2.05, 4.69) is 36.4 Å². The molecule has 0 amide bonds. The van der Waals surface area contributed by atoms with Gasteiger partial charge in [-0.15, -0.1) is 10.2 Å². The summed E-state index contributed by atoms with van der Waals surface area (Å²) in [6.45, 7) is 0. The van der Waals surface area contributed by atoms with Crippen LogP contribution in [0, 0.1) is 0 Å². The molecule has 2 aliphatic heterocycles. The van der Waals surface area contributed by atoms with Gasteiger partial charge < -0.3 is 19.7 Å². The minimum atomic E-state index is -0.129. The molecular weight excluding hydrogens is 448 g/mol. The van der Waals surface area contributed by atoms with Gasteiger partial charge in [0.1, 0.15) is 11.4 Å². The van der Waals surface area contributed by atoms with E-state index in [4.69, 9.17) is 9.72 Å². The Morgan fingerprint density at radius 2 is 1.93 bits per heavy atom. The minimum absolute atomic E-state index is 0.129. The zero-order valence-electron chi connectivity index (χ0n) is 15.7. The number of methoxy groups -OCH3 is 1. The molecule has 8 nitrogen and oxygen atoms in total. The average molecular weight is 463 g/mol. The fourth-order valence-corrected chi connectivity index (χ4v) is 3.62. The molecule has 0 fully saturated rings. The van der Waals surface area contributed by atoms with Crippen LogP contribution in [0.25, 0.3) is 28.0 Å². The maximum atomic E-state index is 10.1. The number of nitrogens with one attached hydrogen (secondary N) is 1. The van der Waals surface area contributed by atoms with E-state index in [1.54, 1.807) is 19.5 Å². The van der Waals surface area contributed by atoms with Crippen molar-refractivity contribution in [3.8, 4) is 28.6 Å². The molecule has 148 valence electrons. The number of rotatable bonds is 4. The van der Waals surface area contributed by atoms with Crippen LogP contribution in [0.1, 0.15) is 0 Å². The summed E-state index contributed by atoms with van der Waals surface area (Å²) in [7, 11) is 1.63. The van der Waals surface area contributed by atoms with Crippen molar-refractivity contribution >= 4 is 38.6 Å². The highest BCUT2D eigenvalue weighted by molar-refractivity contribution is 9.10. The number of aromatic nitrogens is 5. The minimum Gasteiger partial charge on any atom is -0.497 e. The monoisotopic (exact) mass is 462 g/mol. The lowest BCUT2D eigenvalue weighted by atomic mass is 10.1. The summed E-state index contributed by atoms with van der Waals surface area (Å²) in [6, 6.07) is 15.3. The predicted octanol–water partition coefficient (Wildman–Crippen LogP) is 4.54. The van der Waals surface area contributed by atoms with E-state index in [-0.39, 0.29) is 5.88 Å². The fourth-order valence-electron chi connectivity index (χ4n) is 3.23. The van der Waals surface area contributed by atoms with E-state index < -0.39 is 0 Å². The van der Waals surface area contributed by atoms with E-state index in [1.165, 1.54) is 0 Å². The Kier molecular flexibility index (Phi) is 4.44. The lowest BCUT2D eigenvalue weighted by molar-refractivity contribution is 0.415. The van der Waals surface area contributed by atoms with Gasteiger partial charge in [0.15, 0.2) is 5.65 Å². The highest BCUT2D eigenvalue weighted by atomic mass is 79.9. The van der Waals surface area contributed by atoms with Gasteiger partial charge in [0, 0.05) is 28.2 Å². The molecule has 0 spiro atoms. The highest BCUT2D eigenvalue weighted by Crippen LogP contribution is 2.35. The number of nitrogens with zero attached hydrogens (tertiary/aromatic N) is 5. The van der Waals surface area contributed by atoms with Gasteiger partial charge in [0.25, 0.3) is 0 Å². The molecule has 2 N–H and O–H groups in total. The van der Waals surface area contributed by atoms with Gasteiger partial charge in [-0.2, -0.15) is 4.98 Å². The van der Waals surface area contributed by atoms with E-state index >= 15 is 0 Å². The Bertz CT molecular complexity index is 1340. The van der Waals surface area contributed by atoms with Crippen LogP contribution < -0.4 is 10.1 Å². The van der Waals surface area contributed by atoms with Crippen molar-refractivity contribution < 1.29 is 9.84 Å². The number of hydrogen-bond donors (Lipinski definition) is 2. The van der Waals surface area contributed by atoms with E-state index in [0.29, 0.717) is 28.2 Å². The topological polar surface area (TPSA) is 98.0 Å². The van der Waals surface area contributed by atoms with Crippen molar-refractivity contribution in [1.29, 1.82) is 0 Å². The molecule has 2 aliphatic rings. The summed E-state index contributed by atoms with van der Waals surface area (Å²) >= 11 is 3.51. The van der Waals surface area contributed by atoms with Gasteiger partial charge in [-0.25, -0.2) is 4.98 Å². The molecule has 0 unspecified atom stereocenters. The predicted molar refractivity (Wildman–Crippen MR) is 117 cm³/mol. The summed E-state index contributed by atoms with van der Waals surface area (Å²) in [5.41, 5.74) is 3.40. The number of anilines is 2. The van der Waals surface area contributed by atoms with Crippen LogP contribution in [0.15, 0.2) is 65.4 Å². The molecule has 3 aromatic rings. The third-order valence-electron chi connectivity index (χ3n) is 4.68. The summed E-state index contributed by atoms with van der Waals surface area (Å²) < 4.78 is 8.00. The summed E-state index contributed by atoms with van der Waals surface area (Å²) in [5.74, 6) is 1.07. The second-order valence-corrected chi connectivity index (χ2v) is 7.46. The number of ether oxygens (including phenoxy) is 1. The first kappa shape index (κ1) is 18.3. The molecule has 30 heavy (non-hydrogen) atoms. The molecule has 0 bridgehead atoms. The van der Waals surface area contributed by atoms with Crippen molar-refractivity contribution in [3.63, 3.8) is 0 Å². The maximum Gasteiger partial charge on any atom is 0.242 e. The number of hydrogen-bond acceptors (Lipinski definition) is 7. The van der Waals surface area contributed by atoms with Gasteiger partial charge >= 0.3 is 0 Å². The zero-order chi connectivity index (χ0) is 20.7. The van der Waals surface area contributed by atoms with Gasteiger partial charge in [-0.3, -0.25) is 0 Å². The lowest BCUT2D eigenvalue weighted by Gasteiger charge is -2.15. The van der Waals surface area contributed by atoms with Crippen LogP contribution in [0.5, 0.6) is 11.6 Å². The van der Waals surface area contributed by atoms with E-state index in [0.717, 1.165) is 21.6 Å². The lowest BCUT2D eigenvalue weighted by Crippen LogP contribution is -2.05. The van der Waals surface area contributed by atoms with Crippen molar-refractivity contribution in [1.82, 2.24) is 24.7 Å². The molecule has 0 saturated heterocycles. The van der Waals surface area contributed by atoms with Crippen LogP contribution in [0.2, 0.25) is 0 Å². The normalized spacial score (nSPS) is 11.1. The van der Waals surface area contributed by atoms with Crippen LogP contribution in [0.4, 0.5) is 11.6 Å². The van der Waals surface area contributed by atoms with Gasteiger partial charge in [-0.05, 0) is 42.5 Å². The smallest absolute Gasteiger partial charge is 0.242 e. The Hall–Kier alpha value is -3.72. The van der Waals surface area contributed by atoms with Crippen LogP contribution in [-0.2, 0) is 0 Å². The van der Waals surface area contributed by atoms with Gasteiger partial charge in [0.2, 0.25) is 11.8 Å². The largest absolute Gasteiger partial charge is 0.497 e. The molecule has 3 heterocycles. The molecule has 2 aromatic carbocycles. The number of aromatic hydroxyl groups is 1. The van der Waals surface area contributed by atoms with Crippen molar-refractivity contribution in [2.45, 2.75) is 0 Å². The van der Waals surface area contributed by atoms with Crippen molar-refractivity contribution in [2.24, 2.45) is 0 Å². The van der Waals surface area contributed by atoms with Crippen LogP contribution >= 0.6 is 15.9 Å². The molecule has 0 saturated carbocycles. The first-order valence-corrected chi connectivity index (χ1v) is 9.82. The zero-order valence-corrected chi connectivity index (χ0v) is 17.3. The van der Waals surface area contributed by atoms with Crippen LogP contribution in [-0.4, -0.2) is 36.9 Å². The number of pyridine rings is 1. The number of fused-ring (bicyclic) bond motifs is 3. The molecule has 0 radical (unpaired) electrons. The van der Waals surface area contributed by atoms with Crippen LogP contribution in [0.3, 0.4) is 0 Å². The number of halogens is 1. The highest BCUT2D eigenvalue weighted by Gasteiger charge is 2.21. The Balaban J connectivity index is 1.68. The molecular formula is C21H15BrN6O2. The Morgan fingerprint density at radius 1 is 1.10 bits per heavy atom. The third kappa shape index (κ3) is 3.18. The first-order chi connectivity index (χ1) is 14.6. The quantitative estimate of drug-likeness (QED) is 0.404. The second kappa shape index (κ2) is 7.27. The van der Waals surface area contributed by atoms with E-state index in [9.17, 15) is 5.11 Å². The maximum absolute atomic E-state index is 10.1. The van der Waals surface area contributed by atoms with Crippen molar-refractivity contribution in [2.75, 3.05) is 12.4 Å². The molecule has 1 aromatic heterocycles. The number of benzene rings is 2. The molecule has 9 heteroatoms. The third-order valence-corrected chi connectivity index (χ3v) is 5.18. The fraction of sp³-hybridized carbons (Fsp3) is 0.0476. The Labute approximate surface area is 179 Å². The van der Waals surface area contributed by atoms with E-state index in [1.807, 2.05) is 53.1 Å². The second-order valence-electron chi connectivity index (χ2n) is 6.55. The van der Waals surface area contributed by atoms with Gasteiger partial charge in [0.05, 0.1) is 18.1 Å².